The van der Waals surface area contributed by atoms with E-state index >= 15 is 0 Å². The molecule has 3 heteroatoms. The first kappa shape index (κ1) is 7.44. The number of hydrogen-bond acceptors (Lipinski definition) is 3. The van der Waals surface area contributed by atoms with Crippen molar-refractivity contribution in [1.82, 2.24) is 0 Å². The second kappa shape index (κ2) is 3.49. The maximum Gasteiger partial charge on any atom is 0.181 e. The van der Waals surface area contributed by atoms with Gasteiger partial charge in [0.1, 0.15) is 6.61 Å². The normalized spacial score (nSPS) is 25.3. The third-order valence-electron chi connectivity index (χ3n) is 1.16. The average Bonchev–Trinajstić information content (AvgIpc) is 1.95. The zero-order valence-electron chi connectivity index (χ0n) is 5.87. The van der Waals surface area contributed by atoms with Gasteiger partial charge in [-0.2, -0.15) is 0 Å². The number of rotatable bonds is 2. The summed E-state index contributed by atoms with van der Waals surface area (Å²) >= 11 is 0. The summed E-state index contributed by atoms with van der Waals surface area (Å²) in [6.45, 7) is 2.62. The quantitative estimate of drug-likeness (QED) is 0.563. The molecule has 1 atom stereocenters. The zero-order chi connectivity index (χ0) is 7.40. The Balaban J connectivity index is 2.37. The molecule has 1 heterocycles. The average molecular weight is 142 g/mol. The smallest absolute Gasteiger partial charge is 0.181 e. The molecule has 0 fully saturated rings. The van der Waals surface area contributed by atoms with Crippen LogP contribution in [0.5, 0.6) is 0 Å². The molecule has 3 nitrogen and oxygen atoms in total. The van der Waals surface area contributed by atoms with E-state index in [0.29, 0.717) is 6.61 Å². The number of ether oxygens (including phenoxy) is 2. The first-order valence-electron chi connectivity index (χ1n) is 3.27. The lowest BCUT2D eigenvalue weighted by Gasteiger charge is -2.15. The van der Waals surface area contributed by atoms with Crippen LogP contribution in [-0.2, 0) is 14.3 Å². The van der Waals surface area contributed by atoms with Crippen LogP contribution in [0.3, 0.4) is 0 Å². The van der Waals surface area contributed by atoms with E-state index < -0.39 is 0 Å². The van der Waals surface area contributed by atoms with Gasteiger partial charge in [-0.15, -0.1) is 0 Å². The number of carbonyl (C=O) groups excluding carboxylic acids is 1. The van der Waals surface area contributed by atoms with Gasteiger partial charge in [0.15, 0.2) is 12.1 Å². The minimum atomic E-state index is -0.317. The van der Waals surface area contributed by atoms with E-state index in [1.807, 2.05) is 6.92 Å². The lowest BCUT2D eigenvalue weighted by atomic mass is 10.3. The third-order valence-corrected chi connectivity index (χ3v) is 1.16. The minimum Gasteiger partial charge on any atom is -0.349 e. The van der Waals surface area contributed by atoms with Gasteiger partial charge in [-0.1, -0.05) is 0 Å². The van der Waals surface area contributed by atoms with Crippen molar-refractivity contribution in [3.63, 3.8) is 0 Å². The summed E-state index contributed by atoms with van der Waals surface area (Å²) in [5.41, 5.74) is 0. The van der Waals surface area contributed by atoms with Crippen molar-refractivity contribution in [2.24, 2.45) is 0 Å². The van der Waals surface area contributed by atoms with E-state index in [2.05, 4.69) is 0 Å². The first-order chi connectivity index (χ1) is 4.83. The summed E-state index contributed by atoms with van der Waals surface area (Å²) in [5, 5.41) is 0. The van der Waals surface area contributed by atoms with Gasteiger partial charge in [-0.05, 0) is 19.1 Å². The van der Waals surface area contributed by atoms with E-state index in [-0.39, 0.29) is 18.7 Å². The Bertz CT molecular complexity index is 151. The molecule has 1 aliphatic rings. The fraction of sp³-hybridized carbons (Fsp3) is 0.571. The molecule has 0 aromatic carbocycles. The number of hydrogen-bond donors (Lipinski definition) is 0. The van der Waals surface area contributed by atoms with Crippen molar-refractivity contribution in [2.75, 3.05) is 13.2 Å². The monoisotopic (exact) mass is 142 g/mol. The van der Waals surface area contributed by atoms with Crippen molar-refractivity contribution in [3.8, 4) is 0 Å². The lowest BCUT2D eigenvalue weighted by Crippen LogP contribution is -2.23. The Kier molecular flexibility index (Phi) is 2.59. The molecule has 0 unspecified atom stereocenters. The molecule has 0 saturated heterocycles. The predicted octanol–water partition coefficient (Wildman–Crippen LogP) is 0.504. The molecule has 1 aliphatic heterocycles. The molecule has 10 heavy (non-hydrogen) atoms. The van der Waals surface area contributed by atoms with Gasteiger partial charge in [0.2, 0.25) is 0 Å². The van der Waals surface area contributed by atoms with Crippen LogP contribution in [0.25, 0.3) is 0 Å². The molecule has 0 spiro atoms. The fourth-order valence-corrected chi connectivity index (χ4v) is 0.722. The molecule has 0 aliphatic carbocycles. The molecule has 56 valence electrons. The maximum atomic E-state index is 10.5. The zero-order valence-corrected chi connectivity index (χ0v) is 5.87. The van der Waals surface area contributed by atoms with Crippen LogP contribution in [0.2, 0.25) is 0 Å². The van der Waals surface area contributed by atoms with Crippen molar-refractivity contribution in [3.05, 3.63) is 12.2 Å². The molecular weight excluding hydrogens is 132 g/mol. The van der Waals surface area contributed by atoms with Crippen molar-refractivity contribution < 1.29 is 14.3 Å². The van der Waals surface area contributed by atoms with Crippen molar-refractivity contribution in [1.29, 1.82) is 0 Å². The molecule has 0 N–H and O–H groups in total. The highest BCUT2D eigenvalue weighted by Gasteiger charge is 2.11. The van der Waals surface area contributed by atoms with Gasteiger partial charge < -0.3 is 9.47 Å². The highest BCUT2D eigenvalue weighted by molar-refractivity contribution is 5.91. The van der Waals surface area contributed by atoms with Crippen LogP contribution in [-0.4, -0.2) is 25.3 Å². The van der Waals surface area contributed by atoms with Crippen LogP contribution in [0.1, 0.15) is 6.92 Å². The van der Waals surface area contributed by atoms with E-state index in [1.54, 1.807) is 6.08 Å². The maximum absolute atomic E-state index is 10.5. The first-order valence-corrected chi connectivity index (χ1v) is 3.27. The van der Waals surface area contributed by atoms with Gasteiger partial charge in [0.05, 0.1) is 0 Å². The molecule has 0 radical (unpaired) electrons. The molecule has 0 saturated carbocycles. The summed E-state index contributed by atoms with van der Waals surface area (Å²) in [4.78, 5) is 10.5. The Morgan fingerprint density at radius 1 is 1.90 bits per heavy atom. The van der Waals surface area contributed by atoms with Crippen LogP contribution in [0.4, 0.5) is 0 Å². The Morgan fingerprint density at radius 3 is 3.20 bits per heavy atom. The fourth-order valence-electron chi connectivity index (χ4n) is 0.722. The topological polar surface area (TPSA) is 35.5 Å². The van der Waals surface area contributed by atoms with E-state index in [0.717, 1.165) is 0 Å². The van der Waals surface area contributed by atoms with Gasteiger partial charge in [0, 0.05) is 6.61 Å². The molecule has 0 amide bonds. The third kappa shape index (κ3) is 1.93. The number of ketones is 1. The second-order valence-electron chi connectivity index (χ2n) is 1.96. The Morgan fingerprint density at radius 2 is 2.70 bits per heavy atom. The van der Waals surface area contributed by atoms with Gasteiger partial charge >= 0.3 is 0 Å². The van der Waals surface area contributed by atoms with E-state index in [9.17, 15) is 4.79 Å². The van der Waals surface area contributed by atoms with Crippen LogP contribution in [0.15, 0.2) is 12.2 Å². The predicted molar refractivity (Wildman–Crippen MR) is 35.5 cm³/mol. The highest BCUT2D eigenvalue weighted by Crippen LogP contribution is 2.02. The number of carbonyl (C=O) groups is 1. The molecular formula is C7H10O3. The summed E-state index contributed by atoms with van der Waals surface area (Å²) in [6.07, 6.45) is 2.79. The summed E-state index contributed by atoms with van der Waals surface area (Å²) in [5.74, 6) is -0.00375. The van der Waals surface area contributed by atoms with Gasteiger partial charge in [-0.3, -0.25) is 4.79 Å². The largest absolute Gasteiger partial charge is 0.349 e. The SMILES string of the molecule is CCO[C@@H]1C=CC(=O)CO1. The van der Waals surface area contributed by atoms with E-state index in [1.165, 1.54) is 6.08 Å². The van der Waals surface area contributed by atoms with Crippen molar-refractivity contribution >= 4 is 5.78 Å². The van der Waals surface area contributed by atoms with Crippen LogP contribution >= 0.6 is 0 Å². The second-order valence-corrected chi connectivity index (χ2v) is 1.96. The Labute approximate surface area is 59.6 Å². The lowest BCUT2D eigenvalue weighted by molar-refractivity contribution is -0.140. The summed E-state index contributed by atoms with van der Waals surface area (Å²) in [6, 6.07) is 0. The summed E-state index contributed by atoms with van der Waals surface area (Å²) in [7, 11) is 0. The molecule has 0 bridgehead atoms. The highest BCUT2D eigenvalue weighted by atomic mass is 16.7. The van der Waals surface area contributed by atoms with Gasteiger partial charge in [-0.25, -0.2) is 0 Å². The van der Waals surface area contributed by atoms with E-state index in [4.69, 9.17) is 9.47 Å². The van der Waals surface area contributed by atoms with Crippen LogP contribution in [0, 0.1) is 0 Å². The van der Waals surface area contributed by atoms with Crippen LogP contribution < -0.4 is 0 Å². The molecule has 1 rings (SSSR count). The Hall–Kier alpha value is -0.670. The van der Waals surface area contributed by atoms with Crippen molar-refractivity contribution in [2.45, 2.75) is 13.2 Å². The molecule has 0 aromatic rings. The standard InChI is InChI=1S/C7H10O3/c1-2-9-7-4-3-6(8)5-10-7/h3-4,7H,2,5H2,1H3/t7-/m0/s1. The van der Waals surface area contributed by atoms with Gasteiger partial charge in [0.25, 0.3) is 0 Å². The summed E-state index contributed by atoms with van der Waals surface area (Å²) < 4.78 is 10.0. The minimum absolute atomic E-state index is 0.00375. The molecule has 0 aromatic heterocycles.